The van der Waals surface area contributed by atoms with Crippen LogP contribution in [0.1, 0.15) is 0 Å². The van der Waals surface area contributed by atoms with Gasteiger partial charge < -0.3 is 0 Å². The van der Waals surface area contributed by atoms with E-state index in [1.54, 1.807) is 0 Å². The van der Waals surface area contributed by atoms with Gasteiger partial charge in [-0.1, -0.05) is 0 Å². The fraction of sp³-hybridized carbons (Fsp3) is 0. The summed E-state index contributed by atoms with van der Waals surface area (Å²) in [5, 5.41) is 18.0. The zero-order valence-electron chi connectivity index (χ0n) is 7.93. The predicted octanol–water partition coefficient (Wildman–Crippen LogP) is 4.32. The van der Waals surface area contributed by atoms with Crippen LogP contribution >= 0.6 is 22.7 Å². The minimum absolute atomic E-state index is 0.280. The van der Waals surface area contributed by atoms with Crippen LogP contribution in [0.2, 0.25) is 0 Å². The monoisotopic (exact) mass is 250 g/mol. The molecule has 6 heteroatoms. The van der Waals surface area contributed by atoms with Crippen LogP contribution < -0.4 is 5.48 Å². The average Bonchev–Trinajstić information content (AvgIpc) is 2.93. The summed E-state index contributed by atoms with van der Waals surface area (Å²) >= 11 is 2.92. The van der Waals surface area contributed by atoms with Gasteiger partial charge in [-0.15, -0.1) is 27.6 Å². The van der Waals surface area contributed by atoms with Gasteiger partial charge in [0.2, 0.25) is 0 Å². The SMILES string of the molecule is O=Nc1c(NO)c2sccc2c2ccsc12. The number of rotatable bonds is 2. The summed E-state index contributed by atoms with van der Waals surface area (Å²) in [6.07, 6.45) is 0. The fourth-order valence-corrected chi connectivity index (χ4v) is 3.63. The van der Waals surface area contributed by atoms with Crippen LogP contribution in [0.15, 0.2) is 28.1 Å². The Hall–Kier alpha value is -1.50. The largest absolute Gasteiger partial charge is 0.291 e. The maximum Gasteiger partial charge on any atom is 0.152 e. The van der Waals surface area contributed by atoms with Crippen molar-refractivity contribution >= 4 is 54.2 Å². The molecule has 16 heavy (non-hydrogen) atoms. The zero-order valence-corrected chi connectivity index (χ0v) is 9.56. The second kappa shape index (κ2) is 3.51. The molecule has 0 unspecified atom stereocenters. The van der Waals surface area contributed by atoms with E-state index in [0.29, 0.717) is 5.69 Å². The molecule has 0 aliphatic carbocycles. The average molecular weight is 250 g/mol. The van der Waals surface area contributed by atoms with E-state index in [0.717, 1.165) is 20.2 Å². The fourth-order valence-electron chi connectivity index (χ4n) is 1.83. The third-order valence-electron chi connectivity index (χ3n) is 2.50. The van der Waals surface area contributed by atoms with Crippen molar-refractivity contribution in [3.8, 4) is 0 Å². The number of hydrogen-bond donors (Lipinski definition) is 2. The van der Waals surface area contributed by atoms with Crippen LogP contribution in [0, 0.1) is 4.91 Å². The Balaban J connectivity index is 2.64. The molecule has 0 bridgehead atoms. The number of nitrogens with zero attached hydrogens (tertiary/aromatic N) is 1. The van der Waals surface area contributed by atoms with Gasteiger partial charge in [0.1, 0.15) is 5.69 Å². The number of nitrogens with one attached hydrogen (secondary N) is 1. The van der Waals surface area contributed by atoms with Gasteiger partial charge in [0.15, 0.2) is 5.69 Å². The molecular formula is C10H6N2O2S2. The Morgan fingerprint density at radius 3 is 2.38 bits per heavy atom. The molecule has 3 rings (SSSR count). The Morgan fingerprint density at radius 2 is 1.75 bits per heavy atom. The molecule has 0 atom stereocenters. The Kier molecular flexibility index (Phi) is 2.13. The number of nitroso groups, excluding NO2 is 1. The molecule has 2 N–H and O–H groups in total. The topological polar surface area (TPSA) is 61.7 Å². The molecular weight excluding hydrogens is 244 g/mol. The van der Waals surface area contributed by atoms with E-state index in [1.807, 2.05) is 22.9 Å². The lowest BCUT2D eigenvalue weighted by Gasteiger charge is -2.05. The van der Waals surface area contributed by atoms with Gasteiger partial charge in [-0.25, -0.2) is 0 Å². The Bertz CT molecular complexity index is 687. The number of thiophene rings is 2. The number of fused-ring (bicyclic) bond motifs is 3. The van der Waals surface area contributed by atoms with E-state index in [2.05, 4.69) is 10.7 Å². The van der Waals surface area contributed by atoms with Crippen LogP contribution in [-0.2, 0) is 0 Å². The molecule has 0 aliphatic heterocycles. The summed E-state index contributed by atoms with van der Waals surface area (Å²) in [6, 6.07) is 3.94. The normalized spacial score (nSPS) is 11.1. The second-order valence-corrected chi connectivity index (χ2v) is 5.09. The highest BCUT2D eigenvalue weighted by molar-refractivity contribution is 7.20. The van der Waals surface area contributed by atoms with Crippen LogP contribution in [0.4, 0.5) is 11.4 Å². The van der Waals surface area contributed by atoms with E-state index < -0.39 is 0 Å². The Morgan fingerprint density at radius 1 is 1.12 bits per heavy atom. The molecule has 4 nitrogen and oxygen atoms in total. The van der Waals surface area contributed by atoms with E-state index in [1.165, 1.54) is 22.7 Å². The predicted molar refractivity (Wildman–Crippen MR) is 68.1 cm³/mol. The molecule has 0 aliphatic rings. The van der Waals surface area contributed by atoms with Gasteiger partial charge in [0, 0.05) is 10.8 Å². The number of benzene rings is 1. The van der Waals surface area contributed by atoms with Crippen LogP contribution in [0.25, 0.3) is 20.2 Å². The highest BCUT2D eigenvalue weighted by atomic mass is 32.1. The van der Waals surface area contributed by atoms with E-state index in [9.17, 15) is 4.91 Å². The van der Waals surface area contributed by atoms with Crippen molar-refractivity contribution in [3.63, 3.8) is 0 Å². The lowest BCUT2D eigenvalue weighted by Crippen LogP contribution is -1.89. The third-order valence-corrected chi connectivity index (χ3v) is 4.36. The van der Waals surface area contributed by atoms with Gasteiger partial charge in [0.25, 0.3) is 0 Å². The van der Waals surface area contributed by atoms with Crippen molar-refractivity contribution in [2.75, 3.05) is 5.48 Å². The van der Waals surface area contributed by atoms with Crippen LogP contribution in [0.5, 0.6) is 0 Å². The molecule has 1 aromatic carbocycles. The van der Waals surface area contributed by atoms with Crippen LogP contribution in [0.3, 0.4) is 0 Å². The van der Waals surface area contributed by atoms with E-state index in [-0.39, 0.29) is 5.69 Å². The van der Waals surface area contributed by atoms with E-state index in [4.69, 9.17) is 5.21 Å². The first-order valence-corrected chi connectivity index (χ1v) is 6.26. The molecule has 0 spiro atoms. The summed E-state index contributed by atoms with van der Waals surface area (Å²) in [5.74, 6) is 0. The highest BCUT2D eigenvalue weighted by Crippen LogP contribution is 2.45. The lowest BCUT2D eigenvalue weighted by molar-refractivity contribution is 0.390. The van der Waals surface area contributed by atoms with Gasteiger partial charge in [-0.05, 0) is 28.1 Å². The standard InChI is InChI=1S/C10H6N2O2S2/c13-11-7-8(12-14)10-6(2-4-16-10)5-1-3-15-9(5)7/h1-4,11,13H. The molecule has 2 aromatic heterocycles. The molecule has 2 heterocycles. The molecule has 3 aromatic rings. The first-order chi connectivity index (χ1) is 7.86. The molecule has 0 saturated carbocycles. The van der Waals surface area contributed by atoms with Crippen molar-refractivity contribution in [2.45, 2.75) is 0 Å². The minimum Gasteiger partial charge on any atom is -0.291 e. The first kappa shape index (κ1) is 9.71. The number of anilines is 1. The molecule has 0 fully saturated rings. The van der Waals surface area contributed by atoms with E-state index >= 15 is 0 Å². The van der Waals surface area contributed by atoms with Gasteiger partial charge in [-0.3, -0.25) is 10.7 Å². The van der Waals surface area contributed by atoms with Gasteiger partial charge in [-0.2, -0.15) is 0 Å². The quantitative estimate of drug-likeness (QED) is 0.526. The second-order valence-electron chi connectivity index (χ2n) is 3.25. The Labute approximate surface area is 98.1 Å². The van der Waals surface area contributed by atoms with Gasteiger partial charge in [0.05, 0.1) is 9.40 Å². The smallest absolute Gasteiger partial charge is 0.152 e. The maximum atomic E-state index is 10.9. The zero-order chi connectivity index (χ0) is 11.1. The highest BCUT2D eigenvalue weighted by Gasteiger charge is 2.16. The maximum absolute atomic E-state index is 10.9. The van der Waals surface area contributed by atoms with Gasteiger partial charge >= 0.3 is 0 Å². The molecule has 0 saturated heterocycles. The molecule has 0 amide bonds. The molecule has 0 radical (unpaired) electrons. The van der Waals surface area contributed by atoms with Crippen molar-refractivity contribution in [2.24, 2.45) is 5.18 Å². The van der Waals surface area contributed by atoms with Crippen molar-refractivity contribution in [1.29, 1.82) is 0 Å². The van der Waals surface area contributed by atoms with Crippen LogP contribution in [-0.4, -0.2) is 5.21 Å². The number of hydrogen-bond acceptors (Lipinski definition) is 6. The summed E-state index contributed by atoms with van der Waals surface area (Å²) in [4.78, 5) is 10.9. The van der Waals surface area contributed by atoms with Crippen molar-refractivity contribution in [1.82, 2.24) is 0 Å². The summed E-state index contributed by atoms with van der Waals surface area (Å²) < 4.78 is 1.65. The lowest BCUT2D eigenvalue weighted by atomic mass is 10.1. The minimum atomic E-state index is 0.280. The first-order valence-electron chi connectivity index (χ1n) is 4.50. The molecule has 80 valence electrons. The summed E-state index contributed by atoms with van der Waals surface area (Å²) in [5.41, 5.74) is 2.76. The third kappa shape index (κ3) is 1.12. The van der Waals surface area contributed by atoms with Crippen molar-refractivity contribution in [3.05, 3.63) is 27.8 Å². The summed E-state index contributed by atoms with van der Waals surface area (Å²) in [6.45, 7) is 0. The van der Waals surface area contributed by atoms with Crippen molar-refractivity contribution < 1.29 is 5.21 Å². The summed E-state index contributed by atoms with van der Waals surface area (Å²) in [7, 11) is 0.